The van der Waals surface area contributed by atoms with Gasteiger partial charge in [0.15, 0.2) is 9.84 Å². The number of nitrogens with one attached hydrogen (secondary N) is 1. The predicted molar refractivity (Wildman–Crippen MR) is 108 cm³/mol. The van der Waals surface area contributed by atoms with Crippen molar-refractivity contribution in [3.05, 3.63) is 59.2 Å². The number of fused-ring (bicyclic) bond motifs is 1. The Balaban J connectivity index is 1.59. The molecule has 0 amide bonds. The first-order chi connectivity index (χ1) is 13.0. The van der Waals surface area contributed by atoms with Gasteiger partial charge in [0.05, 0.1) is 18.6 Å². The van der Waals surface area contributed by atoms with Gasteiger partial charge >= 0.3 is 0 Å². The van der Waals surface area contributed by atoms with Crippen LogP contribution in [-0.2, 0) is 29.3 Å². The zero-order valence-corrected chi connectivity index (χ0v) is 16.5. The number of hydrogen-bond acceptors (Lipinski definition) is 5. The molecule has 0 spiro atoms. The third-order valence-corrected chi connectivity index (χ3v) is 7.33. The van der Waals surface area contributed by atoms with Gasteiger partial charge < -0.3 is 10.1 Å². The Hall–Kier alpha value is -2.05. The summed E-state index contributed by atoms with van der Waals surface area (Å²) in [7, 11) is -1.26. The lowest BCUT2D eigenvalue weighted by atomic mass is 10.1. The second-order valence-corrected chi connectivity index (χ2v) is 9.67. The number of sulfone groups is 1. The summed E-state index contributed by atoms with van der Waals surface area (Å²) < 4.78 is 29.4. The monoisotopic (exact) mass is 386 g/mol. The molecule has 4 rings (SSSR count). The van der Waals surface area contributed by atoms with Gasteiger partial charge in [-0.15, -0.1) is 0 Å². The van der Waals surface area contributed by atoms with Gasteiger partial charge in [-0.25, -0.2) is 8.42 Å². The summed E-state index contributed by atoms with van der Waals surface area (Å²) in [6.45, 7) is 2.46. The molecule has 1 saturated heterocycles. The Kier molecular flexibility index (Phi) is 5.10. The minimum Gasteiger partial charge on any atom is -0.497 e. The van der Waals surface area contributed by atoms with Gasteiger partial charge in [-0.05, 0) is 41.7 Å². The van der Waals surface area contributed by atoms with E-state index in [0.717, 1.165) is 31.8 Å². The first kappa shape index (κ1) is 18.3. The molecule has 0 aliphatic carbocycles. The van der Waals surface area contributed by atoms with Gasteiger partial charge in [-0.3, -0.25) is 4.90 Å². The van der Waals surface area contributed by atoms with Crippen molar-refractivity contribution in [2.75, 3.05) is 30.5 Å². The van der Waals surface area contributed by atoms with Crippen LogP contribution in [0.25, 0.3) is 0 Å². The van der Waals surface area contributed by atoms with Crippen molar-refractivity contribution in [1.82, 2.24) is 4.90 Å². The van der Waals surface area contributed by atoms with Gasteiger partial charge in [-0.2, -0.15) is 0 Å². The first-order valence-electron chi connectivity index (χ1n) is 9.46. The summed E-state index contributed by atoms with van der Waals surface area (Å²) in [5, 5.41) is 3.50. The van der Waals surface area contributed by atoms with Crippen molar-refractivity contribution in [3.8, 4) is 5.75 Å². The van der Waals surface area contributed by atoms with Gasteiger partial charge in [0.25, 0.3) is 0 Å². The molecule has 0 radical (unpaired) electrons. The highest BCUT2D eigenvalue weighted by molar-refractivity contribution is 7.91. The Morgan fingerprint density at radius 3 is 2.67 bits per heavy atom. The maximum atomic E-state index is 12.1. The van der Waals surface area contributed by atoms with E-state index < -0.39 is 9.84 Å². The van der Waals surface area contributed by atoms with Crippen molar-refractivity contribution in [1.29, 1.82) is 0 Å². The normalized spacial score (nSPS) is 20.4. The number of benzene rings is 2. The molecule has 0 saturated carbocycles. The Bertz CT molecular complexity index is 910. The lowest BCUT2D eigenvalue weighted by Gasteiger charge is -2.29. The maximum absolute atomic E-state index is 12.1. The van der Waals surface area contributed by atoms with E-state index in [2.05, 4.69) is 40.5 Å². The summed E-state index contributed by atoms with van der Waals surface area (Å²) in [6, 6.07) is 14.5. The number of methoxy groups -OCH3 is 1. The molecule has 2 heterocycles. The second-order valence-electron chi connectivity index (χ2n) is 7.44. The summed E-state index contributed by atoms with van der Waals surface area (Å²) in [4.78, 5) is 2.32. The Labute approximate surface area is 161 Å². The number of para-hydroxylation sites is 1. The van der Waals surface area contributed by atoms with E-state index in [-0.39, 0.29) is 11.8 Å². The highest BCUT2D eigenvalue weighted by Crippen LogP contribution is 2.30. The maximum Gasteiger partial charge on any atom is 0.151 e. The molecule has 1 unspecified atom stereocenters. The fourth-order valence-corrected chi connectivity index (χ4v) is 5.87. The van der Waals surface area contributed by atoms with E-state index >= 15 is 0 Å². The van der Waals surface area contributed by atoms with Crippen LogP contribution in [0.4, 0.5) is 5.69 Å². The van der Waals surface area contributed by atoms with Crippen molar-refractivity contribution >= 4 is 15.5 Å². The average Bonchev–Trinajstić information content (AvgIpc) is 3.28. The molecular formula is C21H26N2O3S. The van der Waals surface area contributed by atoms with Crippen molar-refractivity contribution in [2.45, 2.75) is 32.0 Å². The van der Waals surface area contributed by atoms with Crippen LogP contribution in [-0.4, -0.2) is 44.5 Å². The van der Waals surface area contributed by atoms with Gasteiger partial charge in [0.2, 0.25) is 0 Å². The standard InChI is InChI=1S/C21H26N2O3S/c1-26-20-7-5-16(6-8-20)13-23(19-10-12-27(24,25)15-19)14-18-4-2-3-17-9-11-22-21(17)18/h2-8,19,22H,9-15H2,1H3. The van der Waals surface area contributed by atoms with Gasteiger partial charge in [0.1, 0.15) is 5.75 Å². The zero-order valence-electron chi connectivity index (χ0n) is 15.6. The fraction of sp³-hybridized carbons (Fsp3) is 0.429. The molecule has 1 atom stereocenters. The third kappa shape index (κ3) is 4.12. The molecule has 2 aromatic carbocycles. The summed E-state index contributed by atoms with van der Waals surface area (Å²) in [5.74, 6) is 1.38. The highest BCUT2D eigenvalue weighted by atomic mass is 32.2. The van der Waals surface area contributed by atoms with E-state index in [1.165, 1.54) is 22.4 Å². The van der Waals surface area contributed by atoms with Crippen molar-refractivity contribution in [3.63, 3.8) is 0 Å². The van der Waals surface area contributed by atoms with Crippen LogP contribution in [0.3, 0.4) is 0 Å². The minimum atomic E-state index is -2.92. The van der Waals surface area contributed by atoms with Crippen LogP contribution in [0.2, 0.25) is 0 Å². The smallest absolute Gasteiger partial charge is 0.151 e. The van der Waals surface area contributed by atoms with Gasteiger partial charge in [-0.1, -0.05) is 30.3 Å². The molecule has 6 heteroatoms. The number of nitrogens with zero attached hydrogens (tertiary/aromatic N) is 1. The molecule has 144 valence electrons. The predicted octanol–water partition coefficient (Wildman–Crippen LogP) is 2.85. The van der Waals surface area contributed by atoms with Gasteiger partial charge in [0, 0.05) is 31.4 Å². The van der Waals surface area contributed by atoms with E-state index in [1.807, 2.05) is 12.1 Å². The highest BCUT2D eigenvalue weighted by Gasteiger charge is 2.32. The molecule has 0 aromatic heterocycles. The van der Waals surface area contributed by atoms with Crippen LogP contribution < -0.4 is 10.1 Å². The molecule has 5 nitrogen and oxygen atoms in total. The third-order valence-electron chi connectivity index (χ3n) is 5.58. The molecule has 2 aromatic rings. The van der Waals surface area contributed by atoms with E-state index in [4.69, 9.17) is 4.74 Å². The number of hydrogen-bond donors (Lipinski definition) is 1. The molecule has 2 aliphatic rings. The lowest BCUT2D eigenvalue weighted by molar-refractivity contribution is 0.194. The SMILES string of the molecule is COc1ccc(CN(Cc2cccc3c2NCC3)C2CCS(=O)(=O)C2)cc1. The Morgan fingerprint density at radius 1 is 1.15 bits per heavy atom. The topological polar surface area (TPSA) is 58.6 Å². The molecular weight excluding hydrogens is 360 g/mol. The molecule has 0 bridgehead atoms. The average molecular weight is 387 g/mol. The summed E-state index contributed by atoms with van der Waals surface area (Å²) in [6.07, 6.45) is 1.76. The second kappa shape index (κ2) is 7.52. The van der Waals surface area contributed by atoms with Crippen LogP contribution in [0.5, 0.6) is 5.75 Å². The van der Waals surface area contributed by atoms with Crippen molar-refractivity contribution < 1.29 is 13.2 Å². The van der Waals surface area contributed by atoms with E-state index in [1.54, 1.807) is 7.11 Å². The molecule has 27 heavy (non-hydrogen) atoms. The van der Waals surface area contributed by atoms with Crippen LogP contribution in [0.15, 0.2) is 42.5 Å². The Morgan fingerprint density at radius 2 is 1.96 bits per heavy atom. The lowest BCUT2D eigenvalue weighted by Crippen LogP contribution is -2.35. The largest absolute Gasteiger partial charge is 0.497 e. The van der Waals surface area contributed by atoms with E-state index in [9.17, 15) is 8.42 Å². The van der Waals surface area contributed by atoms with Crippen LogP contribution >= 0.6 is 0 Å². The first-order valence-corrected chi connectivity index (χ1v) is 11.3. The molecule has 2 aliphatic heterocycles. The van der Waals surface area contributed by atoms with Crippen molar-refractivity contribution in [2.24, 2.45) is 0 Å². The van der Waals surface area contributed by atoms with Crippen LogP contribution in [0, 0.1) is 0 Å². The summed E-state index contributed by atoms with van der Waals surface area (Å²) in [5.41, 5.74) is 5.01. The number of ether oxygens (including phenoxy) is 1. The summed E-state index contributed by atoms with van der Waals surface area (Å²) >= 11 is 0. The minimum absolute atomic E-state index is 0.0642. The fourth-order valence-electron chi connectivity index (χ4n) is 4.10. The number of anilines is 1. The number of rotatable bonds is 6. The van der Waals surface area contributed by atoms with Crippen LogP contribution in [0.1, 0.15) is 23.1 Å². The molecule has 1 N–H and O–H groups in total. The van der Waals surface area contributed by atoms with E-state index in [0.29, 0.717) is 12.2 Å². The zero-order chi connectivity index (χ0) is 18.9. The quantitative estimate of drug-likeness (QED) is 0.827. The molecule has 1 fully saturated rings.